The van der Waals surface area contributed by atoms with Crippen LogP contribution < -0.4 is 0 Å². The van der Waals surface area contributed by atoms with Crippen LogP contribution in [0.3, 0.4) is 0 Å². The predicted octanol–water partition coefficient (Wildman–Crippen LogP) is 8.04. The van der Waals surface area contributed by atoms with Gasteiger partial charge in [0, 0.05) is 46.1 Å². The third kappa shape index (κ3) is 6.63. The summed E-state index contributed by atoms with van der Waals surface area (Å²) in [6, 6.07) is 35.9. The monoisotopic (exact) mass is 653 g/mol. The molecule has 0 amide bonds. The maximum Gasteiger partial charge on any atom is 0.0280 e. The fourth-order valence-electron chi connectivity index (χ4n) is 3.79. The Hall–Kier alpha value is -3.39. The average Bonchev–Trinajstić information content (AvgIpc) is 2.98. The van der Waals surface area contributed by atoms with Gasteiger partial charge in [-0.2, -0.15) is 0 Å². The molecule has 5 aromatic rings. The summed E-state index contributed by atoms with van der Waals surface area (Å²) < 4.78 is 46.3. The van der Waals surface area contributed by atoms with Crippen molar-refractivity contribution >= 4 is 0 Å². The van der Waals surface area contributed by atoms with Crippen molar-refractivity contribution in [2.75, 3.05) is 0 Å². The van der Waals surface area contributed by atoms with Crippen LogP contribution >= 0.6 is 0 Å². The van der Waals surface area contributed by atoms with Crippen molar-refractivity contribution in [2.45, 2.75) is 33.0 Å². The quantitative estimate of drug-likeness (QED) is 0.184. The summed E-state index contributed by atoms with van der Waals surface area (Å²) >= 11 is 0. The van der Waals surface area contributed by atoms with E-state index >= 15 is 0 Å². The van der Waals surface area contributed by atoms with E-state index in [0.29, 0.717) is 16.8 Å². The molecule has 3 aromatic carbocycles. The second-order valence-electron chi connectivity index (χ2n) is 8.59. The standard InChI is InChI=1S/C22H22N.C11H8N.Ir/c1-16-10-12-18(13-11-16)21-14-20(17(2)15-23-21)22(3,4)19-8-6-5-7-9-19;1-2-6-10(7-3-1)11-8-4-5-9-12-11;/h5-12,14-15H,1-4H3;1-6,8-9H;/q2*-1;/i1D3,2D3;;. The smallest absolute Gasteiger partial charge is 0.0280 e. The van der Waals surface area contributed by atoms with E-state index in [9.17, 15) is 0 Å². The first kappa shape index (κ1) is 19.8. The van der Waals surface area contributed by atoms with Gasteiger partial charge in [-0.05, 0) is 41.0 Å². The summed E-state index contributed by atoms with van der Waals surface area (Å²) in [6.07, 6.45) is 3.18. The first-order valence-electron chi connectivity index (χ1n) is 14.3. The average molecular weight is 653 g/mol. The van der Waals surface area contributed by atoms with Crippen molar-refractivity contribution in [3.05, 3.63) is 144 Å². The summed E-state index contributed by atoms with van der Waals surface area (Å²) in [4.78, 5) is 8.56. The van der Waals surface area contributed by atoms with Gasteiger partial charge in [0.05, 0.1) is 0 Å². The number of aromatic nitrogens is 2. The molecule has 1 radical (unpaired) electrons. The van der Waals surface area contributed by atoms with Gasteiger partial charge in [-0.1, -0.05) is 69.2 Å². The molecular formula is C33H30IrN2-2. The molecule has 5 rings (SSSR count). The Labute approximate surface area is 237 Å². The van der Waals surface area contributed by atoms with Crippen molar-refractivity contribution in [1.82, 2.24) is 9.97 Å². The van der Waals surface area contributed by atoms with Gasteiger partial charge in [0.1, 0.15) is 0 Å². The van der Waals surface area contributed by atoms with E-state index in [-0.39, 0.29) is 31.2 Å². The van der Waals surface area contributed by atoms with Crippen molar-refractivity contribution in [2.24, 2.45) is 0 Å². The second kappa shape index (κ2) is 12.5. The molecule has 3 heteroatoms. The van der Waals surface area contributed by atoms with Gasteiger partial charge >= 0.3 is 0 Å². The first-order valence-corrected chi connectivity index (χ1v) is 11.3. The van der Waals surface area contributed by atoms with Crippen molar-refractivity contribution < 1.29 is 28.3 Å². The fourth-order valence-corrected chi connectivity index (χ4v) is 3.79. The fraction of sp³-hybridized carbons (Fsp3) is 0.152. The molecule has 0 aliphatic carbocycles. The van der Waals surface area contributed by atoms with E-state index in [2.05, 4.69) is 22.1 Å². The Balaban J connectivity index is 0.000000310. The van der Waals surface area contributed by atoms with Gasteiger partial charge in [-0.25, -0.2) is 0 Å². The third-order valence-corrected chi connectivity index (χ3v) is 5.81. The molecule has 0 aliphatic rings. The Morgan fingerprint density at radius 1 is 0.750 bits per heavy atom. The topological polar surface area (TPSA) is 25.8 Å². The Morgan fingerprint density at radius 2 is 1.53 bits per heavy atom. The molecule has 0 saturated heterocycles. The van der Waals surface area contributed by atoms with E-state index in [1.165, 1.54) is 18.3 Å². The molecule has 183 valence electrons. The number of aryl methyl sites for hydroxylation is 2. The summed E-state index contributed by atoms with van der Waals surface area (Å²) in [5.41, 5.74) is 4.65. The zero-order chi connectivity index (χ0) is 29.7. The van der Waals surface area contributed by atoms with Crippen LogP contribution in [0.2, 0.25) is 0 Å². The molecule has 0 saturated carbocycles. The van der Waals surface area contributed by atoms with Crippen LogP contribution in [-0.4, -0.2) is 9.97 Å². The van der Waals surface area contributed by atoms with E-state index < -0.39 is 19.1 Å². The molecular weight excluding hydrogens is 617 g/mol. The predicted molar refractivity (Wildman–Crippen MR) is 145 cm³/mol. The number of benzene rings is 3. The summed E-state index contributed by atoms with van der Waals surface area (Å²) in [5, 5.41) is 0. The number of nitrogens with zero attached hydrogens (tertiary/aromatic N) is 2. The largest absolute Gasteiger partial charge is 0.305 e. The minimum absolute atomic E-state index is 0. The zero-order valence-corrected chi connectivity index (χ0v) is 22.5. The number of pyridine rings is 2. The molecule has 36 heavy (non-hydrogen) atoms. The van der Waals surface area contributed by atoms with E-state index in [0.717, 1.165) is 16.8 Å². The molecule has 0 fully saturated rings. The summed E-state index contributed by atoms with van der Waals surface area (Å²) in [5.74, 6) is 0. The second-order valence-corrected chi connectivity index (χ2v) is 8.59. The van der Waals surface area contributed by atoms with Crippen LogP contribution in [0.5, 0.6) is 0 Å². The number of hydrogen-bond donors (Lipinski definition) is 0. The van der Waals surface area contributed by atoms with Gasteiger partial charge in [0.2, 0.25) is 0 Å². The minimum Gasteiger partial charge on any atom is -0.305 e. The normalized spacial score (nSPS) is 13.7. The van der Waals surface area contributed by atoms with Crippen LogP contribution in [0, 0.1) is 25.8 Å². The third-order valence-electron chi connectivity index (χ3n) is 5.81. The van der Waals surface area contributed by atoms with Gasteiger partial charge in [0.15, 0.2) is 0 Å². The Kier molecular flexibility index (Phi) is 6.88. The maximum atomic E-state index is 7.95. The SMILES string of the molecule is [2H]C([2H])([2H])c1c[c-]c(-c2cc(C(C)(C)c3ccccc3)c(C([2H])([2H])[2H])cn2)cc1.[Ir].[c-]1ccccc1-c1ccccn1. The van der Waals surface area contributed by atoms with Gasteiger partial charge in [-0.3, -0.25) is 0 Å². The molecule has 0 bridgehead atoms. The molecule has 0 spiro atoms. The van der Waals surface area contributed by atoms with Gasteiger partial charge in [0.25, 0.3) is 0 Å². The van der Waals surface area contributed by atoms with E-state index in [4.69, 9.17) is 8.22 Å². The Morgan fingerprint density at radius 3 is 2.17 bits per heavy atom. The number of hydrogen-bond acceptors (Lipinski definition) is 2. The van der Waals surface area contributed by atoms with Crippen molar-refractivity contribution in [3.8, 4) is 22.5 Å². The van der Waals surface area contributed by atoms with Gasteiger partial charge < -0.3 is 9.97 Å². The molecule has 2 aromatic heterocycles. The molecule has 0 atom stereocenters. The minimum atomic E-state index is -2.30. The molecule has 0 N–H and O–H groups in total. The molecule has 0 unspecified atom stereocenters. The van der Waals surface area contributed by atoms with Crippen LogP contribution in [0.1, 0.15) is 44.3 Å². The first-order chi connectivity index (χ1) is 19.4. The number of rotatable bonds is 4. The molecule has 0 aliphatic heterocycles. The molecule has 2 heterocycles. The molecule has 2 nitrogen and oxygen atoms in total. The van der Waals surface area contributed by atoms with Crippen LogP contribution in [0.15, 0.2) is 109 Å². The van der Waals surface area contributed by atoms with Crippen LogP contribution in [0.25, 0.3) is 22.5 Å². The summed E-state index contributed by atoms with van der Waals surface area (Å²) in [6.45, 7) is -0.536. The van der Waals surface area contributed by atoms with Crippen molar-refractivity contribution in [3.63, 3.8) is 0 Å². The van der Waals surface area contributed by atoms with Crippen molar-refractivity contribution in [1.29, 1.82) is 0 Å². The maximum absolute atomic E-state index is 7.95. The summed E-state index contributed by atoms with van der Waals surface area (Å²) in [7, 11) is 0. The van der Waals surface area contributed by atoms with E-state index in [1.54, 1.807) is 18.3 Å². The van der Waals surface area contributed by atoms with E-state index in [1.807, 2.05) is 86.6 Å². The van der Waals surface area contributed by atoms with Crippen LogP contribution in [0.4, 0.5) is 0 Å². The zero-order valence-electron chi connectivity index (χ0n) is 26.1. The van der Waals surface area contributed by atoms with Gasteiger partial charge in [-0.15, -0.1) is 71.3 Å². The van der Waals surface area contributed by atoms with Crippen LogP contribution in [-0.2, 0) is 25.5 Å². The Bertz CT molecular complexity index is 1520.